The molecule has 0 bridgehead atoms. The first-order valence-electron chi connectivity index (χ1n) is 11.5. The monoisotopic (exact) mass is 449 g/mol. The van der Waals surface area contributed by atoms with Gasteiger partial charge in [-0.05, 0) is 98.5 Å². The SMILES string of the molecule is CCCCCC1CCC(c2ccc(C#Cc3cc(C)c(N=C=S)c(Cl)c3)c(C)c2)CC1. The average Bonchev–Trinajstić information content (AvgIpc) is 2.76. The molecule has 3 heteroatoms. The van der Waals surface area contributed by atoms with E-state index in [9.17, 15) is 0 Å². The van der Waals surface area contributed by atoms with Crippen molar-refractivity contribution >= 4 is 34.7 Å². The summed E-state index contributed by atoms with van der Waals surface area (Å²) in [5.41, 5.74) is 6.31. The Hall–Kier alpha value is -1.91. The zero-order valence-corrected chi connectivity index (χ0v) is 20.5. The van der Waals surface area contributed by atoms with Gasteiger partial charge >= 0.3 is 0 Å². The van der Waals surface area contributed by atoms with E-state index in [4.69, 9.17) is 23.8 Å². The Morgan fingerprint density at radius 3 is 2.42 bits per heavy atom. The molecule has 1 fully saturated rings. The number of benzene rings is 2. The highest BCUT2D eigenvalue weighted by Crippen LogP contribution is 2.38. The third kappa shape index (κ3) is 6.54. The van der Waals surface area contributed by atoms with E-state index in [-0.39, 0.29) is 0 Å². The van der Waals surface area contributed by atoms with E-state index in [2.05, 4.69) is 54.0 Å². The molecular weight excluding hydrogens is 418 g/mol. The number of thiocarbonyl (C=S) groups is 1. The first kappa shape index (κ1) is 23.7. The summed E-state index contributed by atoms with van der Waals surface area (Å²) in [4.78, 5) is 4.04. The van der Waals surface area contributed by atoms with E-state index in [0.717, 1.165) is 22.6 Å². The maximum atomic E-state index is 6.33. The van der Waals surface area contributed by atoms with E-state index in [1.807, 2.05) is 19.1 Å². The van der Waals surface area contributed by atoms with Gasteiger partial charge in [0.15, 0.2) is 0 Å². The number of unbranched alkanes of at least 4 members (excludes halogenated alkanes) is 2. The molecule has 2 aromatic carbocycles. The topological polar surface area (TPSA) is 12.4 Å². The second kappa shape index (κ2) is 11.6. The number of rotatable bonds is 6. The molecule has 0 radical (unpaired) electrons. The zero-order chi connectivity index (χ0) is 22.2. The summed E-state index contributed by atoms with van der Waals surface area (Å²) in [6, 6.07) is 10.7. The van der Waals surface area contributed by atoms with Crippen LogP contribution < -0.4 is 0 Å². The van der Waals surface area contributed by atoms with Crippen molar-refractivity contribution in [1.29, 1.82) is 0 Å². The molecule has 0 amide bonds. The maximum absolute atomic E-state index is 6.33. The number of hydrogen-bond acceptors (Lipinski definition) is 2. The van der Waals surface area contributed by atoms with Crippen molar-refractivity contribution < 1.29 is 0 Å². The molecule has 0 aliphatic heterocycles. The molecule has 0 saturated heterocycles. The van der Waals surface area contributed by atoms with Crippen LogP contribution in [0.1, 0.15) is 92.0 Å². The van der Waals surface area contributed by atoms with Gasteiger partial charge in [0.05, 0.1) is 15.9 Å². The Kier molecular flexibility index (Phi) is 8.91. The summed E-state index contributed by atoms with van der Waals surface area (Å²) in [6.07, 6.45) is 11.0. The van der Waals surface area contributed by atoms with E-state index < -0.39 is 0 Å². The van der Waals surface area contributed by atoms with Gasteiger partial charge in [-0.1, -0.05) is 68.2 Å². The molecule has 0 spiro atoms. The van der Waals surface area contributed by atoms with Gasteiger partial charge < -0.3 is 0 Å². The molecule has 31 heavy (non-hydrogen) atoms. The van der Waals surface area contributed by atoms with Crippen molar-refractivity contribution in [1.82, 2.24) is 0 Å². The van der Waals surface area contributed by atoms with E-state index >= 15 is 0 Å². The summed E-state index contributed by atoms with van der Waals surface area (Å²) in [5.74, 6) is 8.24. The van der Waals surface area contributed by atoms with Crippen LogP contribution in [0.15, 0.2) is 35.3 Å². The molecule has 1 aliphatic rings. The molecule has 0 heterocycles. The molecule has 0 N–H and O–H groups in total. The minimum atomic E-state index is 0.555. The highest BCUT2D eigenvalue weighted by molar-refractivity contribution is 7.78. The fourth-order valence-corrected chi connectivity index (χ4v) is 5.08. The number of hydrogen-bond donors (Lipinski definition) is 0. The summed E-state index contributed by atoms with van der Waals surface area (Å²) in [5, 5.41) is 2.94. The minimum Gasteiger partial charge on any atom is -0.193 e. The first-order chi connectivity index (χ1) is 15.0. The average molecular weight is 450 g/mol. The van der Waals surface area contributed by atoms with E-state index in [1.54, 1.807) is 0 Å². The van der Waals surface area contributed by atoms with Crippen molar-refractivity contribution in [3.63, 3.8) is 0 Å². The lowest BCUT2D eigenvalue weighted by Gasteiger charge is -2.29. The standard InChI is InChI=1S/C28H32ClNS/c1-4-5-6-7-22-8-12-25(13-9-22)26-15-14-24(20(2)17-26)11-10-23-16-21(3)28(30-19-31)27(29)18-23/h14-18,22,25H,4-9,12-13H2,1-3H3. The van der Waals surface area contributed by atoms with Crippen molar-refractivity contribution in [2.45, 2.75) is 78.1 Å². The number of aliphatic imine (C=N–C) groups is 1. The van der Waals surface area contributed by atoms with Crippen LogP contribution in [0, 0.1) is 31.6 Å². The number of halogens is 1. The Balaban J connectivity index is 1.67. The molecule has 0 atom stereocenters. The van der Waals surface area contributed by atoms with Crippen LogP contribution in [0.3, 0.4) is 0 Å². The smallest absolute Gasteiger partial charge is 0.0955 e. The molecule has 1 saturated carbocycles. The number of isothiocyanates is 1. The Bertz CT molecular complexity index is 992. The van der Waals surface area contributed by atoms with Crippen LogP contribution in [-0.2, 0) is 0 Å². The molecule has 0 unspecified atom stereocenters. The largest absolute Gasteiger partial charge is 0.193 e. The highest BCUT2D eigenvalue weighted by Gasteiger charge is 2.22. The fraction of sp³-hybridized carbons (Fsp3) is 0.464. The lowest BCUT2D eigenvalue weighted by Crippen LogP contribution is -2.13. The van der Waals surface area contributed by atoms with Gasteiger partial charge in [0.25, 0.3) is 0 Å². The van der Waals surface area contributed by atoms with Crippen molar-refractivity contribution in [2.75, 3.05) is 0 Å². The minimum absolute atomic E-state index is 0.555. The Labute approximate surface area is 198 Å². The molecule has 0 aromatic heterocycles. The molecule has 1 aliphatic carbocycles. The van der Waals surface area contributed by atoms with Crippen LogP contribution in [0.2, 0.25) is 5.02 Å². The maximum Gasteiger partial charge on any atom is 0.0955 e. The van der Waals surface area contributed by atoms with Crippen molar-refractivity contribution in [2.24, 2.45) is 10.9 Å². The lowest BCUT2D eigenvalue weighted by molar-refractivity contribution is 0.303. The van der Waals surface area contributed by atoms with Gasteiger partial charge in [0, 0.05) is 11.1 Å². The summed E-state index contributed by atoms with van der Waals surface area (Å²) in [6.45, 7) is 6.41. The second-order valence-corrected chi connectivity index (χ2v) is 9.45. The lowest BCUT2D eigenvalue weighted by atomic mass is 9.76. The fourth-order valence-electron chi connectivity index (χ4n) is 4.68. The van der Waals surface area contributed by atoms with Crippen molar-refractivity contribution in [3.05, 3.63) is 63.2 Å². The molecule has 1 nitrogen and oxygen atoms in total. The number of nitrogens with zero attached hydrogens (tertiary/aromatic N) is 1. The van der Waals surface area contributed by atoms with Gasteiger partial charge in [0.1, 0.15) is 0 Å². The molecule has 3 rings (SSSR count). The van der Waals surface area contributed by atoms with Gasteiger partial charge in [-0.15, -0.1) is 0 Å². The van der Waals surface area contributed by atoms with Crippen LogP contribution in [0.25, 0.3) is 0 Å². The highest BCUT2D eigenvalue weighted by atomic mass is 35.5. The van der Waals surface area contributed by atoms with Crippen LogP contribution >= 0.6 is 23.8 Å². The molecule has 2 aromatic rings. The summed E-state index contributed by atoms with van der Waals surface area (Å²) in [7, 11) is 0. The third-order valence-electron chi connectivity index (χ3n) is 6.54. The predicted molar refractivity (Wildman–Crippen MR) is 137 cm³/mol. The molecule has 162 valence electrons. The Morgan fingerprint density at radius 1 is 1.00 bits per heavy atom. The van der Waals surface area contributed by atoms with Crippen molar-refractivity contribution in [3.8, 4) is 11.8 Å². The normalized spacial score (nSPS) is 18.1. The Morgan fingerprint density at radius 2 is 1.77 bits per heavy atom. The van der Waals surface area contributed by atoms with E-state index in [0.29, 0.717) is 16.6 Å². The van der Waals surface area contributed by atoms with Crippen LogP contribution in [0.4, 0.5) is 5.69 Å². The van der Waals surface area contributed by atoms with Gasteiger partial charge in [-0.2, -0.15) is 4.99 Å². The van der Waals surface area contributed by atoms with E-state index in [1.165, 1.54) is 62.5 Å². The third-order valence-corrected chi connectivity index (χ3v) is 6.92. The zero-order valence-electron chi connectivity index (χ0n) is 18.9. The van der Waals surface area contributed by atoms with Gasteiger partial charge in [-0.25, -0.2) is 0 Å². The quantitative estimate of drug-likeness (QED) is 0.185. The number of aryl methyl sites for hydroxylation is 2. The van der Waals surface area contributed by atoms with Gasteiger partial charge in [-0.3, -0.25) is 0 Å². The van der Waals surface area contributed by atoms with Crippen LogP contribution in [0.5, 0.6) is 0 Å². The molecular formula is C28H32ClNS. The summed E-state index contributed by atoms with van der Waals surface area (Å²) >= 11 is 11.0. The summed E-state index contributed by atoms with van der Waals surface area (Å²) < 4.78 is 0. The van der Waals surface area contributed by atoms with Gasteiger partial charge in [0.2, 0.25) is 0 Å². The van der Waals surface area contributed by atoms with Crippen LogP contribution in [-0.4, -0.2) is 5.16 Å². The first-order valence-corrected chi connectivity index (χ1v) is 12.3. The second-order valence-electron chi connectivity index (χ2n) is 8.86. The predicted octanol–water partition coefficient (Wildman–Crippen LogP) is 8.95.